The van der Waals surface area contributed by atoms with Crippen LogP contribution in [0.15, 0.2) is 78.4 Å². The first kappa shape index (κ1) is 16.9. The second-order valence-corrected chi connectivity index (χ2v) is 6.26. The Bertz CT molecular complexity index is 1000. The highest BCUT2D eigenvalue weighted by molar-refractivity contribution is 6.15. The first-order valence-corrected chi connectivity index (χ1v) is 8.61. The predicted octanol–water partition coefficient (Wildman–Crippen LogP) is 4.80. The van der Waals surface area contributed by atoms with Crippen molar-refractivity contribution in [3.05, 3.63) is 95.1 Å². The minimum absolute atomic E-state index is 0.0434. The second kappa shape index (κ2) is 7.00. The van der Waals surface area contributed by atoms with E-state index in [-0.39, 0.29) is 17.3 Å². The first-order chi connectivity index (χ1) is 13.2. The van der Waals surface area contributed by atoms with E-state index in [9.17, 15) is 9.90 Å². The van der Waals surface area contributed by atoms with E-state index in [4.69, 9.17) is 9.47 Å². The molecular formula is C23H18O4. The molecule has 3 aromatic rings. The number of phenolic OH excluding ortho intramolecular Hbond substituents is 1. The predicted molar refractivity (Wildman–Crippen MR) is 103 cm³/mol. The van der Waals surface area contributed by atoms with Gasteiger partial charge in [0.2, 0.25) is 0 Å². The number of hydrogen-bond donors (Lipinski definition) is 1. The van der Waals surface area contributed by atoms with Crippen molar-refractivity contribution in [3.63, 3.8) is 0 Å². The Hall–Kier alpha value is -3.53. The monoisotopic (exact) mass is 358 g/mol. The fraction of sp³-hybridized carbons (Fsp3) is 0.0870. The fourth-order valence-corrected chi connectivity index (χ4v) is 3.18. The summed E-state index contributed by atoms with van der Waals surface area (Å²) < 4.78 is 11.3. The Morgan fingerprint density at radius 2 is 1.70 bits per heavy atom. The van der Waals surface area contributed by atoms with Gasteiger partial charge >= 0.3 is 0 Å². The quantitative estimate of drug-likeness (QED) is 0.683. The summed E-state index contributed by atoms with van der Waals surface area (Å²) in [5.74, 6) is 0.737. The van der Waals surface area contributed by atoms with E-state index in [2.05, 4.69) is 0 Å². The van der Waals surface area contributed by atoms with Crippen molar-refractivity contribution in [3.8, 4) is 17.2 Å². The molecule has 1 unspecified atom stereocenters. The van der Waals surface area contributed by atoms with Gasteiger partial charge in [-0.1, -0.05) is 48.5 Å². The highest BCUT2D eigenvalue weighted by Crippen LogP contribution is 2.43. The van der Waals surface area contributed by atoms with Crippen LogP contribution in [0.1, 0.15) is 27.6 Å². The largest absolute Gasteiger partial charge is 0.504 e. The number of aromatic hydroxyl groups is 1. The van der Waals surface area contributed by atoms with Crippen molar-refractivity contribution in [1.82, 2.24) is 0 Å². The van der Waals surface area contributed by atoms with E-state index in [1.807, 2.05) is 60.7 Å². The number of phenols is 1. The number of rotatable bonds is 3. The van der Waals surface area contributed by atoms with Gasteiger partial charge in [0.15, 0.2) is 23.4 Å². The molecule has 134 valence electrons. The van der Waals surface area contributed by atoms with E-state index in [1.165, 1.54) is 6.07 Å². The van der Waals surface area contributed by atoms with Gasteiger partial charge in [-0.2, -0.15) is 0 Å². The van der Waals surface area contributed by atoms with E-state index in [0.717, 1.165) is 16.9 Å². The van der Waals surface area contributed by atoms with Crippen LogP contribution < -0.4 is 9.47 Å². The Kier molecular flexibility index (Phi) is 4.38. The molecule has 27 heavy (non-hydrogen) atoms. The summed E-state index contributed by atoms with van der Waals surface area (Å²) in [6, 6.07) is 21.8. The van der Waals surface area contributed by atoms with Crippen LogP contribution in [-0.4, -0.2) is 18.0 Å². The van der Waals surface area contributed by atoms with Gasteiger partial charge in [-0.15, -0.1) is 0 Å². The highest BCUT2D eigenvalue weighted by atomic mass is 16.5. The minimum Gasteiger partial charge on any atom is -0.504 e. The zero-order valence-electron chi connectivity index (χ0n) is 14.8. The maximum absolute atomic E-state index is 13.2. The number of para-hydroxylation sites is 1. The maximum atomic E-state index is 13.2. The number of ether oxygens (including phenoxy) is 2. The number of benzene rings is 3. The SMILES string of the molecule is COc1ccc(C2Oc3c(O)cccc3C(=O)/C2=C/c2ccccc2)cc1. The zero-order valence-corrected chi connectivity index (χ0v) is 14.8. The van der Waals surface area contributed by atoms with Gasteiger partial charge in [-0.05, 0) is 41.5 Å². The van der Waals surface area contributed by atoms with Gasteiger partial charge < -0.3 is 14.6 Å². The van der Waals surface area contributed by atoms with Gasteiger partial charge in [0.05, 0.1) is 12.7 Å². The van der Waals surface area contributed by atoms with Crippen molar-refractivity contribution in [2.75, 3.05) is 7.11 Å². The first-order valence-electron chi connectivity index (χ1n) is 8.61. The van der Waals surface area contributed by atoms with Crippen LogP contribution in [0.4, 0.5) is 0 Å². The van der Waals surface area contributed by atoms with Crippen LogP contribution in [0, 0.1) is 0 Å². The van der Waals surface area contributed by atoms with Crippen molar-refractivity contribution >= 4 is 11.9 Å². The van der Waals surface area contributed by atoms with Gasteiger partial charge in [-0.25, -0.2) is 0 Å². The zero-order chi connectivity index (χ0) is 18.8. The summed E-state index contributed by atoms with van der Waals surface area (Å²) in [6.45, 7) is 0. The highest BCUT2D eigenvalue weighted by Gasteiger charge is 2.34. The summed E-state index contributed by atoms with van der Waals surface area (Å²) in [5.41, 5.74) is 2.60. The number of fused-ring (bicyclic) bond motifs is 1. The standard InChI is InChI=1S/C23H18O4/c1-26-17-12-10-16(11-13-17)22-19(14-15-6-3-2-4-7-15)21(25)18-8-5-9-20(24)23(18)27-22/h2-14,22,24H,1H3/b19-14-. The molecule has 1 atom stereocenters. The van der Waals surface area contributed by atoms with Crippen molar-refractivity contribution in [2.24, 2.45) is 0 Å². The third-order valence-electron chi connectivity index (χ3n) is 4.56. The number of Topliss-reactive ketones (excluding diaryl/α,β-unsaturated/α-hetero) is 1. The lowest BCUT2D eigenvalue weighted by Crippen LogP contribution is -2.23. The number of carbonyl (C=O) groups excluding carboxylic acids is 1. The van der Waals surface area contributed by atoms with E-state index < -0.39 is 6.10 Å². The molecule has 1 N–H and O–H groups in total. The lowest BCUT2D eigenvalue weighted by atomic mass is 9.89. The molecule has 0 spiro atoms. The summed E-state index contributed by atoms with van der Waals surface area (Å²) in [5, 5.41) is 10.2. The Labute approximate surface area is 157 Å². The summed E-state index contributed by atoms with van der Waals surface area (Å²) in [4.78, 5) is 13.2. The molecule has 0 bridgehead atoms. The molecule has 1 heterocycles. The number of hydrogen-bond acceptors (Lipinski definition) is 4. The van der Waals surface area contributed by atoms with Crippen LogP contribution in [0.5, 0.6) is 17.2 Å². The van der Waals surface area contributed by atoms with Crippen LogP contribution in [0.25, 0.3) is 6.08 Å². The van der Waals surface area contributed by atoms with Gasteiger partial charge in [-0.3, -0.25) is 4.79 Å². The number of carbonyl (C=O) groups is 1. The fourth-order valence-electron chi connectivity index (χ4n) is 3.18. The minimum atomic E-state index is -0.621. The molecule has 0 saturated carbocycles. The average molecular weight is 358 g/mol. The molecule has 0 amide bonds. The molecule has 4 nitrogen and oxygen atoms in total. The smallest absolute Gasteiger partial charge is 0.196 e. The molecule has 0 aliphatic carbocycles. The molecule has 0 radical (unpaired) electrons. The molecule has 4 rings (SSSR count). The topological polar surface area (TPSA) is 55.8 Å². The van der Waals surface area contributed by atoms with Gasteiger partial charge in [0.1, 0.15) is 5.75 Å². The molecule has 0 fully saturated rings. The van der Waals surface area contributed by atoms with E-state index >= 15 is 0 Å². The summed E-state index contributed by atoms with van der Waals surface area (Å²) >= 11 is 0. The van der Waals surface area contributed by atoms with Crippen LogP contribution in [0.3, 0.4) is 0 Å². The lowest BCUT2D eigenvalue weighted by Gasteiger charge is -2.28. The van der Waals surface area contributed by atoms with Gasteiger partial charge in [0, 0.05) is 5.57 Å². The molecule has 0 saturated heterocycles. The van der Waals surface area contributed by atoms with E-state index in [1.54, 1.807) is 19.2 Å². The van der Waals surface area contributed by atoms with Gasteiger partial charge in [0.25, 0.3) is 0 Å². The Balaban J connectivity index is 1.86. The third kappa shape index (κ3) is 3.17. The molecule has 1 aliphatic heterocycles. The van der Waals surface area contributed by atoms with Crippen LogP contribution in [-0.2, 0) is 0 Å². The van der Waals surface area contributed by atoms with Crippen molar-refractivity contribution in [1.29, 1.82) is 0 Å². The van der Waals surface area contributed by atoms with E-state index in [0.29, 0.717) is 11.1 Å². The number of ketones is 1. The average Bonchev–Trinajstić information content (AvgIpc) is 2.71. The lowest BCUT2D eigenvalue weighted by molar-refractivity contribution is 0.0959. The maximum Gasteiger partial charge on any atom is 0.196 e. The summed E-state index contributed by atoms with van der Waals surface area (Å²) in [7, 11) is 1.60. The molecular weight excluding hydrogens is 340 g/mol. The van der Waals surface area contributed by atoms with Crippen LogP contribution >= 0.6 is 0 Å². The second-order valence-electron chi connectivity index (χ2n) is 6.26. The number of methoxy groups -OCH3 is 1. The molecule has 3 aromatic carbocycles. The van der Waals surface area contributed by atoms with Crippen LogP contribution in [0.2, 0.25) is 0 Å². The molecule has 4 heteroatoms. The molecule has 0 aromatic heterocycles. The normalized spacial score (nSPS) is 17.3. The van der Waals surface area contributed by atoms with Crippen molar-refractivity contribution < 1.29 is 19.4 Å². The summed E-state index contributed by atoms with van der Waals surface area (Å²) in [6.07, 6.45) is 1.22. The van der Waals surface area contributed by atoms with Crippen molar-refractivity contribution in [2.45, 2.75) is 6.10 Å². The molecule has 1 aliphatic rings. The Morgan fingerprint density at radius 3 is 2.41 bits per heavy atom. The Morgan fingerprint density at radius 1 is 0.963 bits per heavy atom. The third-order valence-corrected chi connectivity index (χ3v) is 4.56.